The summed E-state index contributed by atoms with van der Waals surface area (Å²) in [6.45, 7) is 10.7. The maximum absolute atomic E-state index is 12.9. The molecule has 2 saturated carbocycles. The molecule has 41 heavy (non-hydrogen) atoms. The number of nitrogens with one attached hydrogen (secondary N) is 3. The molecule has 0 saturated heterocycles. The second-order valence-corrected chi connectivity index (χ2v) is 15.0. The Balaban J connectivity index is 1.21. The highest BCUT2D eigenvalue weighted by molar-refractivity contribution is 7.91. The summed E-state index contributed by atoms with van der Waals surface area (Å²) in [5.74, 6) is 0.0550. The minimum atomic E-state index is -3.76. The highest BCUT2D eigenvalue weighted by atomic mass is 32.2. The van der Waals surface area contributed by atoms with Crippen LogP contribution in [-0.2, 0) is 21.2 Å². The van der Waals surface area contributed by atoms with Gasteiger partial charge in [0.2, 0.25) is 5.91 Å². The summed E-state index contributed by atoms with van der Waals surface area (Å²) in [6.07, 6.45) is 8.33. The van der Waals surface area contributed by atoms with Crippen molar-refractivity contribution in [3.05, 3.63) is 51.4 Å². The van der Waals surface area contributed by atoms with Gasteiger partial charge in [0, 0.05) is 28.9 Å². The molecular formula is C30H41N5O4S2. The lowest BCUT2D eigenvalue weighted by Gasteiger charge is -2.17. The highest BCUT2D eigenvalue weighted by Gasteiger charge is 2.56. The van der Waals surface area contributed by atoms with E-state index in [0.717, 1.165) is 53.0 Å². The number of benzene rings is 1. The van der Waals surface area contributed by atoms with Gasteiger partial charge in [0.15, 0.2) is 0 Å². The number of fused-ring (bicyclic) bond motifs is 1. The average molecular weight is 600 g/mol. The Kier molecular flexibility index (Phi) is 8.33. The average Bonchev–Trinajstić information content (AvgIpc) is 3.81. The number of rotatable bonds is 13. The molecule has 2 fully saturated rings. The standard InChI is InChI=1S/C30H41N5O4S2/c1-6-20-17-22(20)27(36)34-41(38,39)30(14-15-30)31-16-9-7-8-13-24-25(18(2)3)32-28(40-24)21-11-10-12-23-26(21)33-29(37)35(23)19(4)5/h7,9-12,18-20,22,31H,6,8,13-17H2,1-5H3,(H,33,37)(H,34,36)/b9-7+/t20-,22+/m1/s1. The zero-order chi connectivity index (χ0) is 29.5. The van der Waals surface area contributed by atoms with Crippen molar-refractivity contribution < 1.29 is 13.2 Å². The monoisotopic (exact) mass is 599 g/mol. The largest absolute Gasteiger partial charge is 0.326 e. The number of H-pyrrole nitrogens is 1. The van der Waals surface area contributed by atoms with Gasteiger partial charge in [-0.25, -0.2) is 18.2 Å². The van der Waals surface area contributed by atoms with Crippen molar-refractivity contribution in [2.45, 2.75) is 90.0 Å². The predicted molar refractivity (Wildman–Crippen MR) is 165 cm³/mol. The second-order valence-electron chi connectivity index (χ2n) is 11.9. The summed E-state index contributed by atoms with van der Waals surface area (Å²) < 4.78 is 29.8. The maximum Gasteiger partial charge on any atom is 0.326 e. The second kappa shape index (κ2) is 11.5. The number of aromatic amines is 1. The van der Waals surface area contributed by atoms with Crippen LogP contribution >= 0.6 is 11.3 Å². The van der Waals surface area contributed by atoms with Gasteiger partial charge in [0.25, 0.3) is 10.0 Å². The van der Waals surface area contributed by atoms with Crippen LogP contribution in [0, 0.1) is 11.8 Å². The van der Waals surface area contributed by atoms with Crippen LogP contribution in [-0.4, -0.2) is 40.3 Å². The molecule has 0 aliphatic heterocycles. The number of aromatic nitrogens is 3. The number of hydrogen-bond donors (Lipinski definition) is 3. The molecule has 2 aliphatic rings. The quantitative estimate of drug-likeness (QED) is 0.231. The van der Waals surface area contributed by atoms with Gasteiger partial charge in [-0.15, -0.1) is 11.3 Å². The third kappa shape index (κ3) is 5.94. The molecule has 3 N–H and O–H groups in total. The summed E-state index contributed by atoms with van der Waals surface area (Å²) in [6, 6.07) is 6.00. The van der Waals surface area contributed by atoms with Gasteiger partial charge in [-0.05, 0) is 69.9 Å². The van der Waals surface area contributed by atoms with Crippen LogP contribution in [0.2, 0.25) is 0 Å². The van der Waals surface area contributed by atoms with E-state index >= 15 is 0 Å². The molecule has 11 heteroatoms. The van der Waals surface area contributed by atoms with Crippen LogP contribution in [0.4, 0.5) is 0 Å². The third-order valence-corrected chi connectivity index (χ3v) is 11.5. The van der Waals surface area contributed by atoms with Gasteiger partial charge >= 0.3 is 5.69 Å². The zero-order valence-corrected chi connectivity index (χ0v) is 26.1. The molecule has 0 radical (unpaired) electrons. The number of carbonyl (C=O) groups is 1. The fourth-order valence-corrected chi connectivity index (χ4v) is 8.38. The van der Waals surface area contributed by atoms with Crippen molar-refractivity contribution in [2.75, 3.05) is 6.54 Å². The summed E-state index contributed by atoms with van der Waals surface area (Å²) in [5, 5.41) is 4.05. The number of para-hydroxylation sites is 1. The molecule has 0 bridgehead atoms. The van der Waals surface area contributed by atoms with E-state index in [2.05, 4.69) is 34.9 Å². The number of sulfonamides is 1. The summed E-state index contributed by atoms with van der Waals surface area (Å²) in [4.78, 5) is 33.2. The molecule has 0 spiro atoms. The minimum absolute atomic E-state index is 0.0517. The normalized spacial score (nSPS) is 20.0. The van der Waals surface area contributed by atoms with E-state index in [0.29, 0.717) is 25.3 Å². The van der Waals surface area contributed by atoms with E-state index < -0.39 is 14.9 Å². The van der Waals surface area contributed by atoms with Gasteiger partial charge < -0.3 is 4.98 Å². The number of amides is 1. The predicted octanol–water partition coefficient (Wildman–Crippen LogP) is 5.22. The molecular weight excluding hydrogens is 558 g/mol. The molecule has 3 aromatic rings. The number of imidazole rings is 1. The molecule has 2 atom stereocenters. The zero-order valence-electron chi connectivity index (χ0n) is 24.5. The fourth-order valence-electron chi connectivity index (χ4n) is 5.59. The van der Waals surface area contributed by atoms with Crippen molar-refractivity contribution in [2.24, 2.45) is 11.8 Å². The first-order valence-electron chi connectivity index (χ1n) is 14.7. The molecule has 1 aromatic carbocycles. The lowest BCUT2D eigenvalue weighted by Crippen LogP contribution is -2.48. The van der Waals surface area contributed by atoms with Crippen molar-refractivity contribution in [3.8, 4) is 10.6 Å². The van der Waals surface area contributed by atoms with E-state index in [4.69, 9.17) is 4.98 Å². The molecule has 222 valence electrons. The Morgan fingerprint density at radius 1 is 1.24 bits per heavy atom. The van der Waals surface area contributed by atoms with Crippen LogP contribution in [0.1, 0.15) is 89.3 Å². The van der Waals surface area contributed by atoms with Gasteiger partial charge in [0.05, 0.1) is 16.7 Å². The Hall–Kier alpha value is -2.76. The number of thiazole rings is 1. The molecule has 2 aromatic heterocycles. The topological polar surface area (TPSA) is 126 Å². The van der Waals surface area contributed by atoms with E-state index in [1.54, 1.807) is 15.9 Å². The molecule has 2 aliphatic carbocycles. The Bertz CT molecular complexity index is 1630. The lowest BCUT2D eigenvalue weighted by molar-refractivity contribution is -0.120. The molecule has 2 heterocycles. The first-order chi connectivity index (χ1) is 19.5. The summed E-state index contributed by atoms with van der Waals surface area (Å²) in [5.41, 5.74) is 3.59. The third-order valence-electron chi connectivity index (χ3n) is 8.26. The van der Waals surface area contributed by atoms with Crippen LogP contribution in [0.3, 0.4) is 0 Å². The molecule has 1 amide bonds. The van der Waals surface area contributed by atoms with Gasteiger partial charge in [-0.2, -0.15) is 0 Å². The lowest BCUT2D eigenvalue weighted by atomic mass is 10.1. The summed E-state index contributed by atoms with van der Waals surface area (Å²) >= 11 is 1.66. The van der Waals surface area contributed by atoms with Gasteiger partial charge in [-0.1, -0.05) is 45.4 Å². The van der Waals surface area contributed by atoms with E-state index in [9.17, 15) is 18.0 Å². The van der Waals surface area contributed by atoms with Crippen LogP contribution in [0.25, 0.3) is 21.6 Å². The summed E-state index contributed by atoms with van der Waals surface area (Å²) in [7, 11) is -3.76. The van der Waals surface area contributed by atoms with E-state index in [-0.39, 0.29) is 29.5 Å². The Morgan fingerprint density at radius 3 is 2.63 bits per heavy atom. The van der Waals surface area contributed by atoms with Crippen molar-refractivity contribution >= 4 is 38.3 Å². The van der Waals surface area contributed by atoms with Crippen LogP contribution in [0.15, 0.2) is 35.1 Å². The molecule has 9 nitrogen and oxygen atoms in total. The first-order valence-corrected chi connectivity index (χ1v) is 17.0. The first kappa shape index (κ1) is 29.7. The van der Waals surface area contributed by atoms with E-state index in [1.165, 1.54) is 4.88 Å². The fraction of sp³-hybridized carbons (Fsp3) is 0.567. The van der Waals surface area contributed by atoms with Crippen LogP contribution in [0.5, 0.6) is 0 Å². The number of allylic oxidation sites excluding steroid dienone is 1. The smallest absolute Gasteiger partial charge is 0.305 e. The van der Waals surface area contributed by atoms with Crippen molar-refractivity contribution in [1.82, 2.24) is 24.6 Å². The van der Waals surface area contributed by atoms with Crippen LogP contribution < -0.4 is 15.7 Å². The maximum atomic E-state index is 12.9. The molecule has 0 unspecified atom stereocenters. The highest BCUT2D eigenvalue weighted by Crippen LogP contribution is 2.43. The SMILES string of the molecule is CC[C@@H]1C[C@@H]1C(=O)NS(=O)(=O)C1(NC/C=C/CCc2sc(-c3cccc4c3[nH]c(=O)n4C(C)C)nc2C(C)C)CC1. The van der Waals surface area contributed by atoms with Gasteiger partial charge in [0.1, 0.15) is 9.88 Å². The molecule has 5 rings (SSSR count). The Morgan fingerprint density at radius 2 is 2.00 bits per heavy atom. The number of carbonyl (C=O) groups excluding carboxylic acids is 1. The van der Waals surface area contributed by atoms with Crippen molar-refractivity contribution in [1.29, 1.82) is 0 Å². The van der Waals surface area contributed by atoms with Gasteiger partial charge in [-0.3, -0.25) is 19.4 Å². The van der Waals surface area contributed by atoms with Crippen molar-refractivity contribution in [3.63, 3.8) is 0 Å². The number of hydrogen-bond acceptors (Lipinski definition) is 7. The van der Waals surface area contributed by atoms with E-state index in [1.807, 2.05) is 45.0 Å². The number of aryl methyl sites for hydroxylation is 1. The number of nitrogens with zero attached hydrogens (tertiary/aromatic N) is 2. The minimum Gasteiger partial charge on any atom is -0.305 e. The Labute approximate surface area is 245 Å².